The maximum Gasteiger partial charge on any atom is 0.316 e. The molecule has 1 heterocycles. The largest absolute Gasteiger partial charge is 0.361 e. The van der Waals surface area contributed by atoms with Gasteiger partial charge in [-0.1, -0.05) is 31.2 Å². The van der Waals surface area contributed by atoms with E-state index >= 15 is 0 Å². The van der Waals surface area contributed by atoms with E-state index in [-0.39, 0.29) is 0 Å². The molecule has 0 bridgehead atoms. The lowest BCUT2D eigenvalue weighted by Gasteiger charge is -2.10. The topological polar surface area (TPSA) is 70.9 Å². The highest BCUT2D eigenvalue weighted by atomic mass is 16.2. The molecule has 0 unspecified atom stereocenters. The zero-order chi connectivity index (χ0) is 15.5. The van der Waals surface area contributed by atoms with Crippen molar-refractivity contribution >= 4 is 22.6 Å². The van der Waals surface area contributed by atoms with Crippen LogP contribution in [0.3, 0.4) is 0 Å². The van der Waals surface area contributed by atoms with Crippen LogP contribution in [0.4, 0.5) is 10.5 Å². The molecular weight excluding hydrogens is 274 g/mol. The van der Waals surface area contributed by atoms with Gasteiger partial charge >= 0.3 is 6.03 Å². The molecule has 0 fully saturated rings. The number of fused-ring (bicyclic) bond motifs is 1. The molecule has 4 nitrogen and oxygen atoms in total. The number of para-hydroxylation sites is 1. The van der Waals surface area contributed by atoms with Crippen molar-refractivity contribution in [1.82, 2.24) is 4.98 Å². The van der Waals surface area contributed by atoms with Crippen LogP contribution in [0, 0.1) is 0 Å². The molecule has 4 N–H and O–H groups in total. The second-order valence-corrected chi connectivity index (χ2v) is 5.36. The fraction of sp³-hybridized carbons (Fsp3) is 0.167. The maximum atomic E-state index is 11.0. The van der Waals surface area contributed by atoms with Crippen molar-refractivity contribution in [1.29, 1.82) is 0 Å². The molecule has 1 aromatic heterocycles. The van der Waals surface area contributed by atoms with Crippen LogP contribution in [0.25, 0.3) is 10.9 Å². The van der Waals surface area contributed by atoms with E-state index in [2.05, 4.69) is 47.7 Å². The van der Waals surface area contributed by atoms with Crippen LogP contribution >= 0.6 is 0 Å². The molecular formula is C18H19N3O. The molecule has 3 rings (SSSR count). The Morgan fingerprint density at radius 2 is 1.95 bits per heavy atom. The Kier molecular flexibility index (Phi) is 3.83. The number of amides is 2. The predicted octanol–water partition coefficient (Wildman–Crippen LogP) is 3.81. The van der Waals surface area contributed by atoms with Crippen LogP contribution in [0.15, 0.2) is 48.7 Å². The quantitative estimate of drug-likeness (QED) is 0.672. The highest BCUT2D eigenvalue weighted by molar-refractivity contribution is 5.88. The molecule has 2 amide bonds. The molecule has 0 spiro atoms. The Bertz CT molecular complexity index is 820. The van der Waals surface area contributed by atoms with E-state index in [1.807, 2.05) is 18.2 Å². The molecule has 0 aliphatic rings. The normalized spacial score (nSPS) is 10.8. The highest BCUT2D eigenvalue weighted by Crippen LogP contribution is 2.24. The van der Waals surface area contributed by atoms with Crippen molar-refractivity contribution in [2.75, 3.05) is 5.32 Å². The number of H-pyrrole nitrogens is 1. The summed E-state index contributed by atoms with van der Waals surface area (Å²) in [5.74, 6) is 0. The Hall–Kier alpha value is -2.75. The van der Waals surface area contributed by atoms with Gasteiger partial charge < -0.3 is 16.0 Å². The van der Waals surface area contributed by atoms with Gasteiger partial charge in [-0.3, -0.25) is 0 Å². The molecule has 0 aliphatic carbocycles. The van der Waals surface area contributed by atoms with Gasteiger partial charge in [0.25, 0.3) is 0 Å². The third-order valence-corrected chi connectivity index (χ3v) is 3.91. The molecule has 2 aromatic carbocycles. The number of rotatable bonds is 4. The average molecular weight is 293 g/mol. The van der Waals surface area contributed by atoms with Gasteiger partial charge in [-0.05, 0) is 47.7 Å². The lowest BCUT2D eigenvalue weighted by atomic mass is 9.97. The Labute approximate surface area is 129 Å². The minimum Gasteiger partial charge on any atom is -0.361 e. The first-order chi connectivity index (χ1) is 10.7. The van der Waals surface area contributed by atoms with Crippen LogP contribution in [-0.4, -0.2) is 11.0 Å². The number of aromatic nitrogens is 1. The van der Waals surface area contributed by atoms with Crippen molar-refractivity contribution in [3.63, 3.8) is 0 Å². The number of benzene rings is 2. The first kappa shape index (κ1) is 14.2. The summed E-state index contributed by atoms with van der Waals surface area (Å²) in [6, 6.07) is 13.7. The van der Waals surface area contributed by atoms with E-state index in [1.54, 1.807) is 0 Å². The Balaban J connectivity index is 1.93. The van der Waals surface area contributed by atoms with Crippen LogP contribution in [-0.2, 0) is 12.8 Å². The third-order valence-electron chi connectivity index (χ3n) is 3.91. The maximum absolute atomic E-state index is 11.0. The van der Waals surface area contributed by atoms with Gasteiger partial charge in [0, 0.05) is 22.8 Å². The lowest BCUT2D eigenvalue weighted by molar-refractivity contribution is 0.259. The second-order valence-electron chi connectivity index (χ2n) is 5.36. The highest BCUT2D eigenvalue weighted by Gasteiger charge is 2.08. The minimum atomic E-state index is -0.536. The van der Waals surface area contributed by atoms with E-state index in [9.17, 15) is 4.79 Å². The fourth-order valence-corrected chi connectivity index (χ4v) is 2.83. The van der Waals surface area contributed by atoms with Crippen molar-refractivity contribution in [3.05, 3.63) is 65.4 Å². The SMILES string of the molecule is CCc1cc(NC(N)=O)ccc1Cc1c[nH]c2ccccc12. The van der Waals surface area contributed by atoms with Gasteiger partial charge in [-0.2, -0.15) is 0 Å². The lowest BCUT2D eigenvalue weighted by Crippen LogP contribution is -2.19. The van der Waals surface area contributed by atoms with E-state index in [4.69, 9.17) is 5.73 Å². The number of urea groups is 1. The average Bonchev–Trinajstić information content (AvgIpc) is 2.91. The summed E-state index contributed by atoms with van der Waals surface area (Å²) in [4.78, 5) is 14.3. The van der Waals surface area contributed by atoms with Gasteiger partial charge in [0.2, 0.25) is 0 Å². The van der Waals surface area contributed by atoms with E-state index in [1.165, 1.54) is 22.1 Å². The number of nitrogens with two attached hydrogens (primary N) is 1. The van der Waals surface area contributed by atoms with Gasteiger partial charge in [0.15, 0.2) is 0 Å². The minimum absolute atomic E-state index is 0.536. The second kappa shape index (κ2) is 5.93. The summed E-state index contributed by atoms with van der Waals surface area (Å²) in [5.41, 5.74) is 10.8. The first-order valence-electron chi connectivity index (χ1n) is 7.40. The summed E-state index contributed by atoms with van der Waals surface area (Å²) in [6.45, 7) is 2.11. The molecule has 0 saturated heterocycles. The van der Waals surface area contributed by atoms with Crippen LogP contribution in [0.1, 0.15) is 23.6 Å². The molecule has 0 aliphatic heterocycles. The van der Waals surface area contributed by atoms with Crippen molar-refractivity contribution in [3.8, 4) is 0 Å². The summed E-state index contributed by atoms with van der Waals surface area (Å²) in [7, 11) is 0. The monoisotopic (exact) mass is 293 g/mol. The van der Waals surface area contributed by atoms with Gasteiger partial charge in [-0.25, -0.2) is 4.79 Å². The number of aryl methyl sites for hydroxylation is 1. The van der Waals surface area contributed by atoms with Gasteiger partial charge in [0.1, 0.15) is 0 Å². The number of anilines is 1. The Morgan fingerprint density at radius 3 is 2.73 bits per heavy atom. The molecule has 4 heteroatoms. The van der Waals surface area contributed by atoms with Crippen LogP contribution in [0.2, 0.25) is 0 Å². The number of primary amides is 1. The third kappa shape index (κ3) is 2.81. The summed E-state index contributed by atoms with van der Waals surface area (Å²) in [6.07, 6.45) is 3.84. The van der Waals surface area contributed by atoms with Gasteiger partial charge in [-0.15, -0.1) is 0 Å². The van der Waals surface area contributed by atoms with Crippen LogP contribution < -0.4 is 11.1 Å². The van der Waals surface area contributed by atoms with E-state index in [0.717, 1.165) is 24.0 Å². The molecule has 3 aromatic rings. The van der Waals surface area contributed by atoms with Crippen molar-refractivity contribution < 1.29 is 4.79 Å². The van der Waals surface area contributed by atoms with E-state index in [0.29, 0.717) is 0 Å². The predicted molar refractivity (Wildman–Crippen MR) is 90.1 cm³/mol. The first-order valence-corrected chi connectivity index (χ1v) is 7.40. The smallest absolute Gasteiger partial charge is 0.316 e. The van der Waals surface area contributed by atoms with Gasteiger partial charge in [0.05, 0.1) is 0 Å². The zero-order valence-electron chi connectivity index (χ0n) is 12.5. The standard InChI is InChI=1S/C18H19N3O/c1-2-12-10-15(21-18(19)22)8-7-13(12)9-14-11-20-17-6-4-3-5-16(14)17/h3-8,10-11,20H,2,9H2,1H3,(H3,19,21,22). The number of nitrogens with one attached hydrogen (secondary N) is 2. The van der Waals surface area contributed by atoms with Crippen molar-refractivity contribution in [2.45, 2.75) is 19.8 Å². The summed E-state index contributed by atoms with van der Waals surface area (Å²) in [5, 5.41) is 3.88. The number of aromatic amines is 1. The summed E-state index contributed by atoms with van der Waals surface area (Å²) < 4.78 is 0. The zero-order valence-corrected chi connectivity index (χ0v) is 12.5. The number of carbonyl (C=O) groups excluding carboxylic acids is 1. The summed E-state index contributed by atoms with van der Waals surface area (Å²) >= 11 is 0. The number of carbonyl (C=O) groups is 1. The molecule has 0 atom stereocenters. The molecule has 0 radical (unpaired) electrons. The van der Waals surface area contributed by atoms with E-state index < -0.39 is 6.03 Å². The number of hydrogen-bond donors (Lipinski definition) is 3. The Morgan fingerprint density at radius 1 is 1.14 bits per heavy atom. The molecule has 0 saturated carbocycles. The van der Waals surface area contributed by atoms with Crippen LogP contribution in [0.5, 0.6) is 0 Å². The van der Waals surface area contributed by atoms with Crippen molar-refractivity contribution in [2.24, 2.45) is 5.73 Å². The molecule has 112 valence electrons. The molecule has 22 heavy (non-hydrogen) atoms. The number of hydrogen-bond acceptors (Lipinski definition) is 1. The fourth-order valence-electron chi connectivity index (χ4n) is 2.83.